The minimum Gasteiger partial charge on any atom is -0.367 e. The van der Waals surface area contributed by atoms with Gasteiger partial charge in [-0.05, 0) is 51.8 Å². The molecule has 0 radical (unpaired) electrons. The molecule has 0 spiro atoms. The quantitative estimate of drug-likeness (QED) is 0.537. The molecule has 4 aromatic rings. The first-order chi connectivity index (χ1) is 15.3. The highest BCUT2D eigenvalue weighted by Crippen LogP contribution is 2.24. The zero-order valence-electron chi connectivity index (χ0n) is 19.3. The Morgan fingerprint density at radius 3 is 2.66 bits per heavy atom. The lowest BCUT2D eigenvalue weighted by Gasteiger charge is -2.39. The van der Waals surface area contributed by atoms with Crippen molar-refractivity contribution in [2.75, 3.05) is 18.0 Å². The van der Waals surface area contributed by atoms with Crippen LogP contribution in [0.25, 0.3) is 22.6 Å². The Morgan fingerprint density at radius 2 is 1.88 bits per heavy atom. The summed E-state index contributed by atoms with van der Waals surface area (Å²) >= 11 is 0. The molecule has 32 heavy (non-hydrogen) atoms. The molecule has 1 fully saturated rings. The number of rotatable bonds is 3. The van der Waals surface area contributed by atoms with E-state index in [2.05, 4.69) is 40.2 Å². The summed E-state index contributed by atoms with van der Waals surface area (Å²) in [6, 6.07) is 6.50. The van der Waals surface area contributed by atoms with E-state index in [1.807, 2.05) is 43.7 Å². The molecule has 0 aliphatic carbocycles. The van der Waals surface area contributed by atoms with Crippen molar-refractivity contribution in [3.8, 4) is 11.4 Å². The molecule has 0 aromatic carbocycles. The van der Waals surface area contributed by atoms with Gasteiger partial charge >= 0.3 is 0 Å². The second kappa shape index (κ2) is 7.70. The number of aryl methyl sites for hydroxylation is 3. The van der Waals surface area contributed by atoms with Crippen LogP contribution in [0.3, 0.4) is 0 Å². The number of pyridine rings is 1. The Labute approximate surface area is 186 Å². The number of anilines is 1. The smallest absolute Gasteiger partial charge is 0.258 e. The lowest BCUT2D eigenvalue weighted by molar-refractivity contribution is 0.380. The molecule has 0 amide bonds. The molecule has 5 rings (SSSR count). The molecule has 0 saturated carbocycles. The molecule has 2 atom stereocenters. The van der Waals surface area contributed by atoms with E-state index in [1.54, 1.807) is 10.5 Å². The van der Waals surface area contributed by atoms with Crippen LogP contribution in [0.15, 0.2) is 35.4 Å². The van der Waals surface area contributed by atoms with Gasteiger partial charge in [-0.1, -0.05) is 6.92 Å². The minimum atomic E-state index is -0.103. The van der Waals surface area contributed by atoms with Gasteiger partial charge in [0, 0.05) is 37.4 Å². The van der Waals surface area contributed by atoms with Crippen molar-refractivity contribution in [1.29, 1.82) is 0 Å². The Kier molecular flexibility index (Phi) is 4.97. The van der Waals surface area contributed by atoms with Crippen molar-refractivity contribution in [2.45, 2.75) is 53.1 Å². The molecular formula is C24H29N7O. The Morgan fingerprint density at radius 1 is 1.06 bits per heavy atom. The molecule has 1 unspecified atom stereocenters. The highest BCUT2D eigenvalue weighted by molar-refractivity contribution is 5.67. The van der Waals surface area contributed by atoms with E-state index >= 15 is 0 Å². The molecule has 1 saturated heterocycles. The van der Waals surface area contributed by atoms with Crippen molar-refractivity contribution >= 4 is 16.9 Å². The van der Waals surface area contributed by atoms with Crippen LogP contribution < -0.4 is 15.8 Å². The fraction of sp³-hybridized carbons (Fsp3) is 0.417. The molecule has 8 heteroatoms. The van der Waals surface area contributed by atoms with Crippen LogP contribution in [0.1, 0.15) is 37.2 Å². The topological polar surface area (TPSA) is 79.8 Å². The number of fused-ring (bicyclic) bond motifs is 2. The summed E-state index contributed by atoms with van der Waals surface area (Å²) in [6.07, 6.45) is 4.88. The standard InChI is InChI=1S/C24H29N7O/c1-6-18-12-29(10-15(3)26-18)19-7-14(2)24-27-20(9-23(32)30(24)13-19)21-8-22-17(5)25-16(4)11-31(22)28-21/h7-9,11,13,15,18,26H,6,10,12H2,1-5H3/t15-,18?/m1/s1. The van der Waals surface area contributed by atoms with Crippen LogP contribution in [0.4, 0.5) is 5.69 Å². The third kappa shape index (κ3) is 3.54. The molecular weight excluding hydrogens is 402 g/mol. The first kappa shape index (κ1) is 20.6. The molecule has 5 heterocycles. The Bertz CT molecular complexity index is 1390. The third-order valence-corrected chi connectivity index (χ3v) is 6.27. The van der Waals surface area contributed by atoms with Gasteiger partial charge in [-0.25, -0.2) is 9.50 Å². The highest BCUT2D eigenvalue weighted by atomic mass is 16.1. The summed E-state index contributed by atoms with van der Waals surface area (Å²) in [5, 5.41) is 8.29. The van der Waals surface area contributed by atoms with Crippen molar-refractivity contribution in [2.24, 2.45) is 0 Å². The summed E-state index contributed by atoms with van der Waals surface area (Å²) in [5.74, 6) is 0. The summed E-state index contributed by atoms with van der Waals surface area (Å²) in [4.78, 5) is 24.8. The molecule has 1 aliphatic heterocycles. The van der Waals surface area contributed by atoms with E-state index in [9.17, 15) is 4.79 Å². The number of nitrogens with one attached hydrogen (secondary N) is 1. The van der Waals surface area contributed by atoms with Crippen molar-refractivity contribution < 1.29 is 0 Å². The van der Waals surface area contributed by atoms with Gasteiger partial charge in [0.15, 0.2) is 0 Å². The third-order valence-electron chi connectivity index (χ3n) is 6.27. The van der Waals surface area contributed by atoms with Gasteiger partial charge in [-0.3, -0.25) is 14.2 Å². The van der Waals surface area contributed by atoms with Gasteiger partial charge in [0.05, 0.1) is 34.5 Å². The predicted molar refractivity (Wildman–Crippen MR) is 127 cm³/mol. The van der Waals surface area contributed by atoms with Gasteiger partial charge in [-0.2, -0.15) is 5.10 Å². The highest BCUT2D eigenvalue weighted by Gasteiger charge is 2.24. The van der Waals surface area contributed by atoms with Crippen LogP contribution in [-0.4, -0.2) is 49.2 Å². The van der Waals surface area contributed by atoms with Gasteiger partial charge in [0.2, 0.25) is 0 Å². The van der Waals surface area contributed by atoms with Gasteiger partial charge in [-0.15, -0.1) is 0 Å². The fourth-order valence-corrected chi connectivity index (χ4v) is 4.71. The van der Waals surface area contributed by atoms with Crippen molar-refractivity contribution in [1.82, 2.24) is 29.3 Å². The maximum atomic E-state index is 13.1. The van der Waals surface area contributed by atoms with Crippen LogP contribution in [-0.2, 0) is 0 Å². The van der Waals surface area contributed by atoms with Crippen LogP contribution in [0, 0.1) is 20.8 Å². The number of hydrogen-bond acceptors (Lipinski definition) is 6. The predicted octanol–water partition coefficient (Wildman–Crippen LogP) is 2.91. The minimum absolute atomic E-state index is 0.103. The largest absolute Gasteiger partial charge is 0.367 e. The molecule has 0 bridgehead atoms. The lowest BCUT2D eigenvalue weighted by atomic mass is 10.1. The van der Waals surface area contributed by atoms with Crippen molar-refractivity contribution in [3.05, 3.63) is 57.9 Å². The van der Waals surface area contributed by atoms with Gasteiger partial charge in [0.25, 0.3) is 5.56 Å². The average Bonchev–Trinajstić information content (AvgIpc) is 3.18. The van der Waals surface area contributed by atoms with E-state index in [0.717, 1.165) is 47.7 Å². The number of aromatic nitrogens is 5. The molecule has 1 aliphatic rings. The average molecular weight is 432 g/mol. The van der Waals surface area contributed by atoms with Gasteiger partial charge < -0.3 is 10.2 Å². The molecule has 1 N–H and O–H groups in total. The second-order valence-corrected chi connectivity index (χ2v) is 8.96. The van der Waals surface area contributed by atoms with Crippen LogP contribution in [0.5, 0.6) is 0 Å². The normalized spacial score (nSPS) is 19.2. The summed E-state index contributed by atoms with van der Waals surface area (Å²) in [5.41, 5.74) is 6.55. The maximum Gasteiger partial charge on any atom is 0.258 e. The van der Waals surface area contributed by atoms with E-state index in [1.165, 1.54) is 0 Å². The van der Waals surface area contributed by atoms with E-state index in [-0.39, 0.29) is 5.56 Å². The first-order valence-electron chi connectivity index (χ1n) is 11.2. The zero-order valence-corrected chi connectivity index (χ0v) is 19.3. The summed E-state index contributed by atoms with van der Waals surface area (Å²) in [6.45, 7) is 12.2. The van der Waals surface area contributed by atoms with Gasteiger partial charge in [0.1, 0.15) is 11.3 Å². The number of hydrogen-bond donors (Lipinski definition) is 1. The molecule has 8 nitrogen and oxygen atoms in total. The van der Waals surface area contributed by atoms with E-state index in [0.29, 0.717) is 29.1 Å². The lowest BCUT2D eigenvalue weighted by Crippen LogP contribution is -2.55. The van der Waals surface area contributed by atoms with Crippen molar-refractivity contribution in [3.63, 3.8) is 0 Å². The SMILES string of the molecule is CCC1CN(c2cc(C)c3nc(-c4cc5c(C)nc(C)cn5n4)cc(=O)n3c2)C[C@@H](C)N1. The van der Waals surface area contributed by atoms with E-state index < -0.39 is 0 Å². The molecule has 4 aromatic heterocycles. The second-order valence-electron chi connectivity index (χ2n) is 8.96. The summed E-state index contributed by atoms with van der Waals surface area (Å²) < 4.78 is 3.47. The Balaban J connectivity index is 1.59. The fourth-order valence-electron chi connectivity index (χ4n) is 4.71. The number of piperazine rings is 1. The first-order valence-corrected chi connectivity index (χ1v) is 11.2. The van der Waals surface area contributed by atoms with E-state index in [4.69, 9.17) is 4.98 Å². The molecule has 166 valence electrons. The summed E-state index contributed by atoms with van der Waals surface area (Å²) in [7, 11) is 0. The number of nitrogens with zero attached hydrogens (tertiary/aromatic N) is 6. The maximum absolute atomic E-state index is 13.1. The van der Waals surface area contributed by atoms with Crippen LogP contribution >= 0.6 is 0 Å². The van der Waals surface area contributed by atoms with Crippen LogP contribution in [0.2, 0.25) is 0 Å². The Hall–Kier alpha value is -3.26. The zero-order chi connectivity index (χ0) is 22.6. The monoisotopic (exact) mass is 431 g/mol.